The summed E-state index contributed by atoms with van der Waals surface area (Å²) in [4.78, 5) is 29.9. The number of carbonyl (C=O) groups is 2. The fourth-order valence-corrected chi connectivity index (χ4v) is 7.64. The number of aliphatic hydroxyl groups is 1. The number of aliphatic imine (C=N–C) groups is 1. The fraction of sp³-hybridized carbons (Fsp3) is 0.312. The van der Waals surface area contributed by atoms with Crippen molar-refractivity contribution < 1.29 is 32.8 Å². The van der Waals surface area contributed by atoms with Crippen LogP contribution in [0.2, 0.25) is 0 Å². The van der Waals surface area contributed by atoms with Gasteiger partial charge in [-0.15, -0.1) is 11.3 Å². The number of aromatic nitrogens is 1. The summed E-state index contributed by atoms with van der Waals surface area (Å²) in [6, 6.07) is 28.3. The molecule has 0 bridgehead atoms. The predicted octanol–water partition coefficient (Wildman–Crippen LogP) is 8.97. The summed E-state index contributed by atoms with van der Waals surface area (Å²) in [6.45, 7) is 2.62. The summed E-state index contributed by atoms with van der Waals surface area (Å²) in [7, 11) is -2.68. The lowest BCUT2D eigenvalue weighted by atomic mass is 10.1. The molecule has 0 saturated heterocycles. The molecule has 2 aromatic heterocycles. The average molecular weight is 862 g/mol. The van der Waals surface area contributed by atoms with Crippen molar-refractivity contribution in [2.24, 2.45) is 4.99 Å². The summed E-state index contributed by atoms with van der Waals surface area (Å²) in [5, 5.41) is 23.5. The monoisotopic (exact) mass is 861 g/mol. The van der Waals surface area contributed by atoms with E-state index < -0.39 is 13.5 Å². The van der Waals surface area contributed by atoms with Gasteiger partial charge in [-0.1, -0.05) is 79.9 Å². The Morgan fingerprint density at radius 1 is 0.790 bits per heavy atom. The van der Waals surface area contributed by atoms with Crippen LogP contribution in [0.5, 0.6) is 11.5 Å². The zero-order valence-corrected chi connectivity index (χ0v) is 35.6. The lowest BCUT2D eigenvalue weighted by Crippen LogP contribution is -2.32. The highest BCUT2D eigenvalue weighted by Crippen LogP contribution is 2.30. The lowest BCUT2D eigenvalue weighted by molar-refractivity contribution is -0.123. The Hall–Kier alpha value is -5.83. The third-order valence-corrected chi connectivity index (χ3v) is 11.1. The number of hydrogen-bond acceptors (Lipinski definition) is 8. The van der Waals surface area contributed by atoms with Crippen LogP contribution in [0.25, 0.3) is 33.5 Å². The molecule has 62 heavy (non-hydrogen) atoms. The number of carbonyl (C=O) groups excluding carboxylic acids is 2. The van der Waals surface area contributed by atoms with Crippen LogP contribution in [0, 0.1) is 0 Å². The Morgan fingerprint density at radius 3 is 2.34 bits per heavy atom. The van der Waals surface area contributed by atoms with Crippen LogP contribution in [0.15, 0.2) is 125 Å². The van der Waals surface area contributed by atoms with Crippen molar-refractivity contribution in [1.29, 1.82) is 0 Å². The number of benzene rings is 3. The highest BCUT2D eigenvalue weighted by molar-refractivity contribution is 7.13. The van der Waals surface area contributed by atoms with Crippen LogP contribution in [-0.4, -0.2) is 80.0 Å². The second kappa shape index (κ2) is 24.6. The van der Waals surface area contributed by atoms with Crippen LogP contribution in [0.3, 0.4) is 0 Å². The van der Waals surface area contributed by atoms with Gasteiger partial charge in [0, 0.05) is 42.0 Å². The first-order chi connectivity index (χ1) is 30.3. The number of fused-ring (bicyclic) bond motifs is 1. The molecule has 2 amide bonds. The van der Waals surface area contributed by atoms with E-state index in [9.17, 15) is 23.3 Å². The van der Waals surface area contributed by atoms with Crippen LogP contribution in [0.1, 0.15) is 62.6 Å². The minimum Gasteiger partial charge on any atom is -0.490 e. The van der Waals surface area contributed by atoms with Crippen molar-refractivity contribution in [2.45, 2.75) is 57.5 Å². The van der Waals surface area contributed by atoms with Gasteiger partial charge in [0.1, 0.15) is 24.2 Å². The minimum atomic E-state index is -2.68. The summed E-state index contributed by atoms with van der Waals surface area (Å²) < 4.78 is 40.4. The van der Waals surface area contributed by atoms with Gasteiger partial charge in [-0.25, -0.2) is 4.99 Å². The molecular weight excluding hydrogens is 807 g/mol. The summed E-state index contributed by atoms with van der Waals surface area (Å²) >= 11 is 1.42. The van der Waals surface area contributed by atoms with E-state index in [1.807, 2.05) is 90.3 Å². The van der Waals surface area contributed by atoms with Gasteiger partial charge in [-0.2, -0.15) is 0 Å². The number of halogens is 2. The molecule has 1 aliphatic heterocycles. The SMILES string of the molecule is O=C(CCCCCNC(=O)COc1ccc(/C=C/C2=NC(=C\c3ccc(-c4cccs4)n3B(F)F)/C=C2)cc1)NCCCCCCNC[C@H](O)COc1cccc2ccccc12. The van der Waals surface area contributed by atoms with E-state index in [1.165, 1.54) is 11.3 Å². The standard InChI is InChI=1S/C48H54BF2N5O5S/c50-49(51)56-40(24-27-44(56)46-16-11-31-62-46)32-39-23-22-38(55-39)21-18-36-19-25-42(26-20-36)60-35-48(59)54-30-9-3-4-17-47(58)53-29-8-2-1-7-28-52-33-41(57)34-61-45-15-10-13-37-12-5-6-14-43(37)45/h5-6,10-16,18-27,31-32,41,52,57H,1-4,7-9,17,28-30,33-35H2,(H,53,58)(H,54,59)/b21-18+,39-32-/t41-/m0/s1. The van der Waals surface area contributed by atoms with Gasteiger partial charge >= 0.3 is 7.40 Å². The van der Waals surface area contributed by atoms with Crippen molar-refractivity contribution in [3.63, 3.8) is 0 Å². The number of aliphatic hydroxyl groups excluding tert-OH is 1. The molecule has 0 fully saturated rings. The van der Waals surface area contributed by atoms with E-state index in [1.54, 1.807) is 36.4 Å². The number of hydrogen-bond donors (Lipinski definition) is 4. The van der Waals surface area contributed by atoms with E-state index >= 15 is 0 Å². The number of amides is 2. The normalized spacial score (nSPS) is 13.5. The highest BCUT2D eigenvalue weighted by Gasteiger charge is 2.24. The molecule has 6 rings (SSSR count). The molecule has 0 radical (unpaired) electrons. The molecule has 10 nitrogen and oxygen atoms in total. The first-order valence-electron chi connectivity index (χ1n) is 21.3. The zero-order chi connectivity index (χ0) is 43.4. The molecule has 5 aromatic rings. The molecule has 1 aliphatic rings. The maximum atomic E-state index is 13.9. The van der Waals surface area contributed by atoms with Gasteiger partial charge < -0.3 is 35.0 Å². The number of unbranched alkanes of at least 4 members (excludes halogenated alkanes) is 5. The molecule has 0 saturated carbocycles. The van der Waals surface area contributed by atoms with Gasteiger partial charge in [-0.05, 0) is 109 Å². The first-order valence-corrected chi connectivity index (χ1v) is 22.2. The largest absolute Gasteiger partial charge is 0.678 e. The molecule has 1 atom stereocenters. The average Bonchev–Trinajstić information content (AvgIpc) is 4.07. The van der Waals surface area contributed by atoms with Gasteiger partial charge in [0.05, 0.1) is 17.1 Å². The zero-order valence-electron chi connectivity index (χ0n) is 34.8. The quantitative estimate of drug-likeness (QED) is 0.0325. The van der Waals surface area contributed by atoms with E-state index in [4.69, 9.17) is 9.47 Å². The van der Waals surface area contributed by atoms with Gasteiger partial charge in [-0.3, -0.25) is 18.2 Å². The Labute approximate surface area is 366 Å². The molecular formula is C48H54BF2N5O5S. The van der Waals surface area contributed by atoms with Crippen LogP contribution < -0.4 is 25.4 Å². The lowest BCUT2D eigenvalue weighted by Gasteiger charge is -2.14. The molecule has 0 spiro atoms. The second-order valence-electron chi connectivity index (χ2n) is 15.0. The van der Waals surface area contributed by atoms with E-state index in [-0.39, 0.29) is 25.0 Å². The topological polar surface area (TPSA) is 126 Å². The summed E-state index contributed by atoms with van der Waals surface area (Å²) in [5.41, 5.74) is 3.04. The van der Waals surface area contributed by atoms with E-state index in [0.717, 1.165) is 82.9 Å². The maximum Gasteiger partial charge on any atom is 0.678 e. The fourth-order valence-electron chi connectivity index (χ4n) is 6.90. The predicted molar refractivity (Wildman–Crippen MR) is 248 cm³/mol. The van der Waals surface area contributed by atoms with Crippen LogP contribution in [0.4, 0.5) is 8.63 Å². The van der Waals surface area contributed by atoms with E-state index in [0.29, 0.717) is 54.6 Å². The third-order valence-electron chi connectivity index (χ3n) is 10.2. The van der Waals surface area contributed by atoms with Crippen molar-refractivity contribution in [2.75, 3.05) is 39.4 Å². The molecule has 14 heteroatoms. The number of thiophene rings is 1. The van der Waals surface area contributed by atoms with Crippen molar-refractivity contribution in [1.82, 2.24) is 20.4 Å². The van der Waals surface area contributed by atoms with E-state index in [2.05, 4.69) is 20.9 Å². The van der Waals surface area contributed by atoms with Gasteiger partial charge in [0.25, 0.3) is 5.91 Å². The molecule has 3 aromatic carbocycles. The van der Waals surface area contributed by atoms with Crippen LogP contribution >= 0.6 is 11.3 Å². The Balaban J connectivity index is 0.744. The smallest absolute Gasteiger partial charge is 0.490 e. The van der Waals surface area contributed by atoms with Gasteiger partial charge in [0.15, 0.2) is 6.61 Å². The first kappa shape index (κ1) is 45.7. The summed E-state index contributed by atoms with van der Waals surface area (Å²) in [6.07, 6.45) is 15.3. The highest BCUT2D eigenvalue weighted by atomic mass is 32.1. The second-order valence-corrected chi connectivity index (χ2v) is 15.9. The minimum absolute atomic E-state index is 0.0564. The number of nitrogens with zero attached hydrogens (tertiary/aromatic N) is 2. The molecule has 324 valence electrons. The maximum absolute atomic E-state index is 13.9. The molecule has 0 unspecified atom stereocenters. The Morgan fingerprint density at radius 2 is 1.55 bits per heavy atom. The van der Waals surface area contributed by atoms with Crippen LogP contribution in [-0.2, 0) is 9.59 Å². The van der Waals surface area contributed by atoms with Crippen molar-refractivity contribution >= 4 is 59.2 Å². The summed E-state index contributed by atoms with van der Waals surface area (Å²) in [5.74, 6) is 1.20. The third kappa shape index (κ3) is 14.7. The number of nitrogens with one attached hydrogen (secondary N) is 3. The Kier molecular flexibility index (Phi) is 18.1. The number of allylic oxidation sites excluding steroid dienone is 3. The van der Waals surface area contributed by atoms with Crippen molar-refractivity contribution in [3.8, 4) is 22.1 Å². The Bertz CT molecular complexity index is 2300. The number of rotatable bonds is 26. The van der Waals surface area contributed by atoms with Crippen molar-refractivity contribution in [3.05, 3.63) is 132 Å². The molecule has 0 aliphatic carbocycles. The molecule has 4 N–H and O–H groups in total. The molecule has 3 heterocycles. The number of ether oxygens (including phenoxy) is 2. The van der Waals surface area contributed by atoms with Gasteiger partial charge in [0.2, 0.25) is 5.91 Å².